The van der Waals surface area contributed by atoms with Crippen LogP contribution in [0.25, 0.3) is 0 Å². The summed E-state index contributed by atoms with van der Waals surface area (Å²) in [5.41, 5.74) is 6.99. The molecule has 0 aliphatic carbocycles. The molecule has 0 fully saturated rings. The maximum atomic E-state index is 12.2. The fourth-order valence-electron chi connectivity index (χ4n) is 1.71. The first-order chi connectivity index (χ1) is 9.22. The fraction of sp³-hybridized carbons (Fsp3) is 0.0769. The van der Waals surface area contributed by atoms with E-state index in [0.717, 1.165) is 0 Å². The van der Waals surface area contributed by atoms with Gasteiger partial charge >= 0.3 is 0 Å². The lowest BCUT2D eigenvalue weighted by molar-refractivity contribution is -0.116. The van der Waals surface area contributed by atoms with E-state index in [1.807, 2.05) is 16.8 Å². The highest BCUT2D eigenvalue weighted by Gasteiger charge is 2.25. The van der Waals surface area contributed by atoms with Crippen molar-refractivity contribution in [3.63, 3.8) is 0 Å². The maximum Gasteiger partial charge on any atom is 0.239 e. The molecule has 5 nitrogen and oxygen atoms in total. The molecule has 4 N–H and O–H groups in total. The number of oxime groups is 1. The number of amidine groups is 1. The summed E-state index contributed by atoms with van der Waals surface area (Å²) in [5, 5.41) is 18.2. The second-order valence-electron chi connectivity index (χ2n) is 3.87. The van der Waals surface area contributed by atoms with Crippen LogP contribution in [0.1, 0.15) is 11.5 Å². The van der Waals surface area contributed by atoms with Crippen LogP contribution in [-0.4, -0.2) is 17.0 Å². The van der Waals surface area contributed by atoms with Crippen LogP contribution in [0.2, 0.25) is 0 Å². The molecule has 1 amide bonds. The van der Waals surface area contributed by atoms with Gasteiger partial charge in [-0.05, 0) is 17.0 Å². The van der Waals surface area contributed by atoms with E-state index in [-0.39, 0.29) is 11.7 Å². The number of nitrogens with one attached hydrogen (secondary N) is 1. The van der Waals surface area contributed by atoms with Crippen molar-refractivity contribution in [2.24, 2.45) is 10.9 Å². The van der Waals surface area contributed by atoms with E-state index in [4.69, 9.17) is 10.9 Å². The summed E-state index contributed by atoms with van der Waals surface area (Å²) in [6.45, 7) is 0. The number of rotatable bonds is 4. The first-order valence-electron chi connectivity index (χ1n) is 5.58. The second-order valence-corrected chi connectivity index (χ2v) is 4.65. The molecule has 0 radical (unpaired) electrons. The highest BCUT2D eigenvalue weighted by Crippen LogP contribution is 2.20. The van der Waals surface area contributed by atoms with Gasteiger partial charge in [0.2, 0.25) is 5.91 Å². The number of carbonyl (C=O) groups is 1. The van der Waals surface area contributed by atoms with E-state index < -0.39 is 5.92 Å². The van der Waals surface area contributed by atoms with Gasteiger partial charge in [-0.2, -0.15) is 11.3 Å². The lowest BCUT2D eigenvalue weighted by Gasteiger charge is -2.15. The molecular weight excluding hydrogens is 262 g/mol. The van der Waals surface area contributed by atoms with Crippen molar-refractivity contribution in [2.45, 2.75) is 5.92 Å². The van der Waals surface area contributed by atoms with Crippen LogP contribution < -0.4 is 11.1 Å². The summed E-state index contributed by atoms with van der Waals surface area (Å²) in [7, 11) is 0. The molecular formula is C13H13N3O2S. The quantitative estimate of drug-likeness (QED) is 0.346. The van der Waals surface area contributed by atoms with Gasteiger partial charge in [-0.25, -0.2) is 0 Å². The third-order valence-electron chi connectivity index (χ3n) is 2.60. The van der Waals surface area contributed by atoms with E-state index in [1.165, 1.54) is 11.3 Å². The highest BCUT2D eigenvalue weighted by atomic mass is 32.1. The number of nitrogens with two attached hydrogens (primary N) is 1. The van der Waals surface area contributed by atoms with Gasteiger partial charge < -0.3 is 16.3 Å². The number of nitrogens with zero attached hydrogens (tertiary/aromatic N) is 1. The molecule has 6 heteroatoms. The molecule has 0 saturated heterocycles. The Kier molecular flexibility index (Phi) is 4.15. The molecule has 2 aromatic rings. The number of hydrogen-bond donors (Lipinski definition) is 3. The highest BCUT2D eigenvalue weighted by molar-refractivity contribution is 7.08. The number of carbonyl (C=O) groups excluding carboxylic acids is 1. The average Bonchev–Trinajstić information content (AvgIpc) is 2.93. The summed E-state index contributed by atoms with van der Waals surface area (Å²) in [6, 6.07) is 10.7. The molecule has 1 unspecified atom stereocenters. The largest absolute Gasteiger partial charge is 0.409 e. The van der Waals surface area contributed by atoms with Crippen molar-refractivity contribution >= 4 is 28.8 Å². The summed E-state index contributed by atoms with van der Waals surface area (Å²) in [5.74, 6) is -1.29. The Morgan fingerprint density at radius 1 is 1.32 bits per heavy atom. The molecule has 2 rings (SSSR count). The molecule has 0 spiro atoms. The minimum atomic E-state index is -0.814. The van der Waals surface area contributed by atoms with Crippen molar-refractivity contribution in [3.8, 4) is 0 Å². The van der Waals surface area contributed by atoms with Crippen LogP contribution in [0.3, 0.4) is 0 Å². The van der Waals surface area contributed by atoms with E-state index >= 15 is 0 Å². The van der Waals surface area contributed by atoms with E-state index in [9.17, 15) is 4.79 Å². The van der Waals surface area contributed by atoms with Crippen LogP contribution >= 0.6 is 11.3 Å². The van der Waals surface area contributed by atoms with Gasteiger partial charge in [-0.15, -0.1) is 0 Å². The Morgan fingerprint density at radius 2 is 2.05 bits per heavy atom. The van der Waals surface area contributed by atoms with Gasteiger partial charge in [-0.1, -0.05) is 35.5 Å². The first kappa shape index (κ1) is 13.1. The number of anilines is 1. The van der Waals surface area contributed by atoms with Gasteiger partial charge in [-0.3, -0.25) is 4.79 Å². The molecule has 0 aliphatic heterocycles. The topological polar surface area (TPSA) is 87.7 Å². The third kappa shape index (κ3) is 3.11. The Bertz CT molecular complexity index is 567. The zero-order chi connectivity index (χ0) is 13.7. The van der Waals surface area contributed by atoms with Crippen LogP contribution in [0.15, 0.2) is 52.3 Å². The molecule has 1 aromatic carbocycles. The third-order valence-corrected chi connectivity index (χ3v) is 3.28. The number of benzene rings is 1. The Hall–Kier alpha value is -2.34. The van der Waals surface area contributed by atoms with E-state index in [2.05, 4.69) is 10.5 Å². The fourth-order valence-corrected chi connectivity index (χ4v) is 2.30. The SMILES string of the molecule is NC(=NO)C(C(=O)Nc1ccsc1)c1ccccc1. The van der Waals surface area contributed by atoms with Gasteiger partial charge in [0.05, 0.1) is 5.69 Å². The maximum absolute atomic E-state index is 12.2. The zero-order valence-electron chi connectivity index (χ0n) is 9.98. The number of hydrogen-bond acceptors (Lipinski definition) is 4. The lowest BCUT2D eigenvalue weighted by atomic mass is 9.97. The van der Waals surface area contributed by atoms with Gasteiger partial charge in [0, 0.05) is 5.38 Å². The minimum absolute atomic E-state index is 0.140. The standard InChI is InChI=1S/C13H13N3O2S/c14-12(16-18)11(9-4-2-1-3-5-9)13(17)15-10-6-7-19-8-10/h1-8,11,18H,(H2,14,16)(H,15,17). The summed E-state index contributed by atoms with van der Waals surface area (Å²) < 4.78 is 0. The zero-order valence-corrected chi connectivity index (χ0v) is 10.8. The second kappa shape index (κ2) is 6.01. The molecule has 98 valence electrons. The van der Waals surface area contributed by atoms with Crippen LogP contribution in [0.4, 0.5) is 5.69 Å². The van der Waals surface area contributed by atoms with Gasteiger partial charge in [0.1, 0.15) is 5.92 Å². The molecule has 1 aromatic heterocycles. The number of thiophene rings is 1. The number of amides is 1. The van der Waals surface area contributed by atoms with Crippen molar-refractivity contribution in [1.82, 2.24) is 0 Å². The molecule has 19 heavy (non-hydrogen) atoms. The molecule has 0 aliphatic rings. The summed E-state index contributed by atoms with van der Waals surface area (Å²) in [4.78, 5) is 12.2. The molecule has 1 heterocycles. The van der Waals surface area contributed by atoms with Crippen LogP contribution in [0.5, 0.6) is 0 Å². The minimum Gasteiger partial charge on any atom is -0.409 e. The van der Waals surface area contributed by atoms with Gasteiger partial charge in [0.15, 0.2) is 5.84 Å². The predicted molar refractivity (Wildman–Crippen MR) is 75.5 cm³/mol. The molecule has 1 atom stereocenters. The molecule has 0 bridgehead atoms. The Labute approximate surface area is 114 Å². The van der Waals surface area contributed by atoms with Gasteiger partial charge in [0.25, 0.3) is 0 Å². The normalized spacial score (nSPS) is 12.9. The van der Waals surface area contributed by atoms with E-state index in [0.29, 0.717) is 11.3 Å². The summed E-state index contributed by atoms with van der Waals surface area (Å²) >= 11 is 1.48. The van der Waals surface area contributed by atoms with Crippen LogP contribution in [0, 0.1) is 0 Å². The average molecular weight is 275 g/mol. The Morgan fingerprint density at radius 3 is 2.63 bits per heavy atom. The first-order valence-corrected chi connectivity index (χ1v) is 6.52. The van der Waals surface area contributed by atoms with Crippen LogP contribution in [-0.2, 0) is 4.79 Å². The molecule has 0 saturated carbocycles. The van der Waals surface area contributed by atoms with Crippen molar-refractivity contribution in [1.29, 1.82) is 0 Å². The Balaban J connectivity index is 2.26. The summed E-state index contributed by atoms with van der Waals surface area (Å²) in [6.07, 6.45) is 0. The monoisotopic (exact) mass is 275 g/mol. The van der Waals surface area contributed by atoms with E-state index in [1.54, 1.807) is 30.3 Å². The van der Waals surface area contributed by atoms with Crippen molar-refractivity contribution < 1.29 is 10.0 Å². The smallest absolute Gasteiger partial charge is 0.239 e. The van der Waals surface area contributed by atoms with Crippen molar-refractivity contribution in [2.75, 3.05) is 5.32 Å². The van der Waals surface area contributed by atoms with Crippen molar-refractivity contribution in [3.05, 3.63) is 52.7 Å². The predicted octanol–water partition coefficient (Wildman–Crippen LogP) is 2.22. The lowest BCUT2D eigenvalue weighted by Crippen LogP contribution is -2.32.